The third-order valence-electron chi connectivity index (χ3n) is 7.44. The van der Waals surface area contributed by atoms with Gasteiger partial charge in [0.2, 0.25) is 11.5 Å². The van der Waals surface area contributed by atoms with Crippen LogP contribution >= 0.6 is 0 Å². The molecule has 0 amide bonds. The van der Waals surface area contributed by atoms with Crippen LogP contribution in [0.5, 0.6) is 34.5 Å². The Balaban J connectivity index is 2.41. The van der Waals surface area contributed by atoms with Crippen molar-refractivity contribution in [2.24, 2.45) is 11.7 Å². The van der Waals surface area contributed by atoms with E-state index in [2.05, 4.69) is 19.9 Å². The Morgan fingerprint density at radius 1 is 0.789 bits per heavy atom. The number of nitrogens with two attached hydrogens (primary N) is 1. The van der Waals surface area contributed by atoms with Crippen molar-refractivity contribution in [1.82, 2.24) is 0 Å². The summed E-state index contributed by atoms with van der Waals surface area (Å²) in [4.78, 5) is 0. The Labute approximate surface area is 227 Å². The van der Waals surface area contributed by atoms with Gasteiger partial charge in [0.05, 0.1) is 54.1 Å². The molecule has 8 nitrogen and oxygen atoms in total. The van der Waals surface area contributed by atoms with Crippen LogP contribution < -0.4 is 34.2 Å². The van der Waals surface area contributed by atoms with Gasteiger partial charge >= 0.3 is 0 Å². The van der Waals surface area contributed by atoms with Crippen LogP contribution in [0.25, 0.3) is 0 Å². The zero-order valence-corrected chi connectivity index (χ0v) is 24.2. The van der Waals surface area contributed by atoms with Gasteiger partial charge in [0.25, 0.3) is 0 Å². The van der Waals surface area contributed by atoms with Crippen molar-refractivity contribution in [1.29, 1.82) is 5.26 Å². The summed E-state index contributed by atoms with van der Waals surface area (Å²) in [5, 5.41) is 10.8. The average molecular weight is 529 g/mol. The van der Waals surface area contributed by atoms with Gasteiger partial charge in [-0.05, 0) is 55.4 Å². The fourth-order valence-electron chi connectivity index (χ4n) is 5.47. The molecule has 0 heterocycles. The third kappa shape index (κ3) is 6.39. The first-order valence-electron chi connectivity index (χ1n) is 13.1. The van der Waals surface area contributed by atoms with Gasteiger partial charge in [-0.15, -0.1) is 0 Å². The molecule has 0 saturated carbocycles. The molecule has 0 aliphatic carbocycles. The summed E-state index contributed by atoms with van der Waals surface area (Å²) < 4.78 is 33.5. The molecular weight excluding hydrogens is 484 g/mol. The lowest BCUT2D eigenvalue weighted by atomic mass is 9.65. The monoisotopic (exact) mass is 528 g/mol. The lowest BCUT2D eigenvalue weighted by Crippen LogP contribution is -2.35. The van der Waals surface area contributed by atoms with Gasteiger partial charge in [0.1, 0.15) is 0 Å². The first-order chi connectivity index (χ1) is 18.3. The van der Waals surface area contributed by atoms with Crippen molar-refractivity contribution in [3.63, 3.8) is 0 Å². The SMILES string of the molecule is CCC(CC)C(C#N)(CCCC(N)Cc1ccc(OC)c(OC)c1)c1cc(OC)c(OC)c(OC)c1OC. The minimum Gasteiger partial charge on any atom is -0.493 e. The second-order valence-corrected chi connectivity index (χ2v) is 9.37. The topological polar surface area (TPSA) is 105 Å². The van der Waals surface area contributed by atoms with Gasteiger partial charge in [-0.1, -0.05) is 32.8 Å². The molecule has 210 valence electrons. The average Bonchev–Trinajstić information content (AvgIpc) is 2.95. The lowest BCUT2D eigenvalue weighted by Gasteiger charge is -2.37. The Bertz CT molecular complexity index is 1080. The summed E-state index contributed by atoms with van der Waals surface area (Å²) in [6, 6.07) is 10.3. The molecule has 2 aromatic carbocycles. The predicted octanol–water partition coefficient (Wildman–Crippen LogP) is 5.68. The number of ether oxygens (including phenoxy) is 6. The minimum atomic E-state index is -0.829. The van der Waals surface area contributed by atoms with Gasteiger partial charge in [-0.2, -0.15) is 5.26 Å². The number of hydrogen-bond donors (Lipinski definition) is 1. The molecule has 0 radical (unpaired) electrons. The Kier molecular flexibility index (Phi) is 11.9. The lowest BCUT2D eigenvalue weighted by molar-refractivity contribution is 0.265. The molecule has 0 aromatic heterocycles. The molecule has 0 aliphatic heterocycles. The number of methoxy groups -OCH3 is 6. The first kappa shape index (κ1) is 30.9. The number of hydrogen-bond acceptors (Lipinski definition) is 8. The molecule has 0 fully saturated rings. The molecule has 2 rings (SSSR count). The molecule has 2 aromatic rings. The van der Waals surface area contributed by atoms with Crippen LogP contribution in [0.1, 0.15) is 57.1 Å². The zero-order valence-electron chi connectivity index (χ0n) is 24.2. The van der Waals surface area contributed by atoms with Crippen LogP contribution in [0.2, 0.25) is 0 Å². The third-order valence-corrected chi connectivity index (χ3v) is 7.44. The van der Waals surface area contributed by atoms with E-state index in [-0.39, 0.29) is 12.0 Å². The van der Waals surface area contributed by atoms with Gasteiger partial charge < -0.3 is 34.2 Å². The van der Waals surface area contributed by atoms with Crippen LogP contribution in [-0.4, -0.2) is 48.7 Å². The molecule has 2 atom stereocenters. The van der Waals surface area contributed by atoms with Crippen LogP contribution in [-0.2, 0) is 11.8 Å². The summed E-state index contributed by atoms with van der Waals surface area (Å²) in [5.74, 6) is 3.30. The van der Waals surface area contributed by atoms with Crippen LogP contribution in [0, 0.1) is 17.2 Å². The second kappa shape index (κ2) is 14.6. The Morgan fingerprint density at radius 2 is 1.39 bits per heavy atom. The number of rotatable bonds is 16. The summed E-state index contributed by atoms with van der Waals surface area (Å²) in [5.41, 5.74) is 7.56. The fourth-order valence-corrected chi connectivity index (χ4v) is 5.47. The highest BCUT2D eigenvalue weighted by Crippen LogP contribution is 2.53. The highest BCUT2D eigenvalue weighted by molar-refractivity contribution is 5.65. The minimum absolute atomic E-state index is 0.0759. The van der Waals surface area contributed by atoms with Crippen molar-refractivity contribution >= 4 is 0 Å². The molecule has 2 N–H and O–H groups in total. The normalized spacial score (nSPS) is 13.3. The molecule has 2 unspecified atom stereocenters. The quantitative estimate of drug-likeness (QED) is 0.297. The molecule has 0 saturated heterocycles. The van der Waals surface area contributed by atoms with E-state index in [9.17, 15) is 5.26 Å². The van der Waals surface area contributed by atoms with E-state index in [1.54, 1.807) is 42.7 Å². The highest BCUT2D eigenvalue weighted by Gasteiger charge is 2.43. The zero-order chi connectivity index (χ0) is 28.3. The molecule has 38 heavy (non-hydrogen) atoms. The van der Waals surface area contributed by atoms with E-state index < -0.39 is 5.41 Å². The van der Waals surface area contributed by atoms with Gasteiger partial charge in [0.15, 0.2) is 23.0 Å². The molecule has 0 spiro atoms. The molecule has 0 aliphatic rings. The van der Waals surface area contributed by atoms with E-state index in [0.29, 0.717) is 47.3 Å². The predicted molar refractivity (Wildman–Crippen MR) is 149 cm³/mol. The fraction of sp³-hybridized carbons (Fsp3) is 0.567. The largest absolute Gasteiger partial charge is 0.493 e. The van der Waals surface area contributed by atoms with Crippen molar-refractivity contribution in [2.75, 3.05) is 42.7 Å². The number of nitriles is 1. The summed E-state index contributed by atoms with van der Waals surface area (Å²) in [6.07, 6.45) is 4.50. The summed E-state index contributed by atoms with van der Waals surface area (Å²) >= 11 is 0. The maximum absolute atomic E-state index is 10.8. The van der Waals surface area contributed by atoms with Crippen LogP contribution in [0.15, 0.2) is 24.3 Å². The standard InChI is InChI=1S/C30H44N2O6/c1-9-21(10-2)30(19-31,23-18-26(35-5)28(37-7)29(38-8)27(23)36-6)15-11-12-22(32)16-20-13-14-24(33-3)25(17-20)34-4/h13-14,17-18,21-22H,9-12,15-16,32H2,1-8H3. The molecule has 8 heteroatoms. The smallest absolute Gasteiger partial charge is 0.207 e. The summed E-state index contributed by atoms with van der Waals surface area (Å²) in [6.45, 7) is 4.24. The van der Waals surface area contributed by atoms with E-state index >= 15 is 0 Å². The molecule has 0 bridgehead atoms. The Hall–Kier alpha value is -3.31. The van der Waals surface area contributed by atoms with Crippen LogP contribution in [0.4, 0.5) is 0 Å². The van der Waals surface area contributed by atoms with E-state index in [4.69, 9.17) is 34.2 Å². The van der Waals surface area contributed by atoms with E-state index in [0.717, 1.165) is 36.8 Å². The van der Waals surface area contributed by atoms with Crippen molar-refractivity contribution in [3.05, 3.63) is 35.4 Å². The van der Waals surface area contributed by atoms with Gasteiger partial charge in [-0.3, -0.25) is 0 Å². The van der Waals surface area contributed by atoms with Crippen LogP contribution in [0.3, 0.4) is 0 Å². The number of nitrogens with zero attached hydrogens (tertiary/aromatic N) is 1. The van der Waals surface area contributed by atoms with Crippen molar-refractivity contribution in [2.45, 2.75) is 63.8 Å². The Morgan fingerprint density at radius 3 is 1.89 bits per heavy atom. The van der Waals surface area contributed by atoms with Crippen molar-refractivity contribution < 1.29 is 28.4 Å². The van der Waals surface area contributed by atoms with Gasteiger partial charge in [0, 0.05) is 11.6 Å². The second-order valence-electron chi connectivity index (χ2n) is 9.37. The molecular formula is C30H44N2O6. The number of benzene rings is 2. The maximum Gasteiger partial charge on any atom is 0.207 e. The van der Waals surface area contributed by atoms with E-state index in [1.807, 2.05) is 24.3 Å². The van der Waals surface area contributed by atoms with E-state index in [1.165, 1.54) is 0 Å². The maximum atomic E-state index is 10.8. The summed E-state index contributed by atoms with van der Waals surface area (Å²) in [7, 11) is 9.51. The van der Waals surface area contributed by atoms with Gasteiger partial charge in [-0.25, -0.2) is 0 Å². The first-order valence-corrected chi connectivity index (χ1v) is 13.1. The van der Waals surface area contributed by atoms with Crippen molar-refractivity contribution in [3.8, 4) is 40.6 Å². The highest BCUT2D eigenvalue weighted by atomic mass is 16.5.